The number of carbonyl (C=O) groups is 1. The highest BCUT2D eigenvalue weighted by molar-refractivity contribution is 9.10. The number of aromatic nitrogens is 1. The lowest BCUT2D eigenvalue weighted by atomic mass is 10.2. The minimum absolute atomic E-state index is 0.280. The van der Waals surface area contributed by atoms with E-state index >= 15 is 0 Å². The van der Waals surface area contributed by atoms with Crippen LogP contribution in [0.15, 0.2) is 52.3 Å². The van der Waals surface area contributed by atoms with E-state index in [9.17, 15) is 4.79 Å². The van der Waals surface area contributed by atoms with Gasteiger partial charge in [-0.2, -0.15) is 0 Å². The predicted molar refractivity (Wildman–Crippen MR) is 101 cm³/mol. The topological polar surface area (TPSA) is 51.2 Å². The van der Waals surface area contributed by atoms with Crippen molar-refractivity contribution >= 4 is 49.9 Å². The number of benzene rings is 2. The molecule has 0 fully saturated rings. The van der Waals surface area contributed by atoms with Crippen LogP contribution in [0.5, 0.6) is 5.75 Å². The molecule has 24 heavy (non-hydrogen) atoms. The van der Waals surface area contributed by atoms with Gasteiger partial charge in [0, 0.05) is 10.9 Å². The Labute approximate surface area is 156 Å². The number of ether oxygens (including phenoxy) is 1. The second-order valence-electron chi connectivity index (χ2n) is 4.82. The average molecular weight is 424 g/mol. The molecule has 3 aromatic rings. The minimum Gasteiger partial charge on any atom is -0.496 e. The first-order valence-electron chi connectivity index (χ1n) is 6.94. The van der Waals surface area contributed by atoms with Crippen molar-refractivity contribution in [3.8, 4) is 17.0 Å². The Balaban J connectivity index is 1.80. The lowest BCUT2D eigenvalue weighted by molar-refractivity contribution is 0.102. The number of nitrogens with one attached hydrogen (secondary N) is 1. The van der Waals surface area contributed by atoms with E-state index in [2.05, 4.69) is 26.2 Å². The van der Waals surface area contributed by atoms with Gasteiger partial charge in [-0.05, 0) is 46.3 Å². The Bertz CT molecular complexity index is 898. The normalized spacial score (nSPS) is 10.5. The van der Waals surface area contributed by atoms with Crippen molar-refractivity contribution in [2.45, 2.75) is 0 Å². The number of hydrogen-bond acceptors (Lipinski definition) is 4. The molecule has 3 rings (SSSR count). The molecule has 0 aliphatic heterocycles. The van der Waals surface area contributed by atoms with Gasteiger partial charge in [0.25, 0.3) is 5.91 Å². The quantitative estimate of drug-likeness (QED) is 0.604. The van der Waals surface area contributed by atoms with Crippen LogP contribution in [-0.4, -0.2) is 18.0 Å². The summed E-state index contributed by atoms with van der Waals surface area (Å²) in [6, 6.07) is 12.6. The van der Waals surface area contributed by atoms with E-state index in [1.165, 1.54) is 11.3 Å². The Kier molecular flexibility index (Phi) is 5.18. The fourth-order valence-electron chi connectivity index (χ4n) is 2.10. The highest BCUT2D eigenvalue weighted by Crippen LogP contribution is 2.32. The molecule has 0 saturated heterocycles. The van der Waals surface area contributed by atoms with Crippen LogP contribution in [0.4, 0.5) is 5.13 Å². The van der Waals surface area contributed by atoms with Crippen LogP contribution >= 0.6 is 38.9 Å². The molecule has 1 aromatic heterocycles. The number of halogens is 2. The molecule has 122 valence electrons. The third-order valence-electron chi connectivity index (χ3n) is 3.29. The maximum absolute atomic E-state index is 12.3. The van der Waals surface area contributed by atoms with Crippen LogP contribution in [-0.2, 0) is 0 Å². The fraction of sp³-hybridized carbons (Fsp3) is 0.0588. The molecule has 0 aliphatic carbocycles. The molecule has 1 N–H and O–H groups in total. The van der Waals surface area contributed by atoms with E-state index in [0.717, 1.165) is 21.5 Å². The number of amides is 1. The van der Waals surface area contributed by atoms with Crippen molar-refractivity contribution < 1.29 is 9.53 Å². The highest BCUT2D eigenvalue weighted by atomic mass is 79.9. The van der Waals surface area contributed by atoms with Crippen molar-refractivity contribution in [1.29, 1.82) is 0 Å². The molecule has 0 radical (unpaired) electrons. The number of methoxy groups -OCH3 is 1. The van der Waals surface area contributed by atoms with Crippen LogP contribution in [0, 0.1) is 0 Å². The summed E-state index contributed by atoms with van der Waals surface area (Å²) in [6.45, 7) is 0. The van der Waals surface area contributed by atoms with Gasteiger partial charge in [-0.15, -0.1) is 11.3 Å². The lowest BCUT2D eigenvalue weighted by Crippen LogP contribution is -2.12. The van der Waals surface area contributed by atoms with Gasteiger partial charge >= 0.3 is 0 Å². The summed E-state index contributed by atoms with van der Waals surface area (Å²) in [5.74, 6) is 0.471. The summed E-state index contributed by atoms with van der Waals surface area (Å²) in [4.78, 5) is 16.7. The SMILES string of the molecule is COc1ccc(-c2csc(NC(=O)c3ccccc3Cl)n2)cc1Br. The number of nitrogens with zero attached hydrogens (tertiary/aromatic N) is 1. The van der Waals surface area contributed by atoms with E-state index in [1.54, 1.807) is 31.4 Å². The Morgan fingerprint density at radius 3 is 2.79 bits per heavy atom. The first-order chi connectivity index (χ1) is 11.6. The maximum atomic E-state index is 12.3. The van der Waals surface area contributed by atoms with E-state index in [-0.39, 0.29) is 5.91 Å². The van der Waals surface area contributed by atoms with Crippen LogP contribution in [0.1, 0.15) is 10.4 Å². The van der Waals surface area contributed by atoms with Crippen molar-refractivity contribution in [3.05, 3.63) is 62.9 Å². The van der Waals surface area contributed by atoms with Crippen molar-refractivity contribution in [3.63, 3.8) is 0 Å². The van der Waals surface area contributed by atoms with Crippen molar-refractivity contribution in [2.24, 2.45) is 0 Å². The van der Waals surface area contributed by atoms with Gasteiger partial charge in [0.15, 0.2) is 5.13 Å². The largest absolute Gasteiger partial charge is 0.496 e. The van der Waals surface area contributed by atoms with Gasteiger partial charge in [0.2, 0.25) is 0 Å². The van der Waals surface area contributed by atoms with Crippen molar-refractivity contribution in [1.82, 2.24) is 4.98 Å². The predicted octanol–water partition coefficient (Wildman–Crippen LogP) is 5.49. The minimum atomic E-state index is -0.280. The fourth-order valence-corrected chi connectivity index (χ4v) is 3.58. The van der Waals surface area contributed by atoms with Gasteiger partial charge in [0.1, 0.15) is 5.75 Å². The molecular weight excluding hydrogens is 412 g/mol. The number of thiazole rings is 1. The Morgan fingerprint density at radius 1 is 1.29 bits per heavy atom. The lowest BCUT2D eigenvalue weighted by Gasteiger charge is -2.05. The molecule has 4 nitrogen and oxygen atoms in total. The molecule has 1 amide bonds. The zero-order chi connectivity index (χ0) is 17.1. The van der Waals surface area contributed by atoms with Crippen LogP contribution in [0.2, 0.25) is 5.02 Å². The molecular formula is C17H12BrClN2O2S. The zero-order valence-electron chi connectivity index (χ0n) is 12.5. The van der Waals surface area contributed by atoms with Crippen LogP contribution < -0.4 is 10.1 Å². The summed E-state index contributed by atoms with van der Waals surface area (Å²) in [6.07, 6.45) is 0. The standard InChI is InChI=1S/C17H12BrClN2O2S/c1-23-15-7-6-10(8-12(15)18)14-9-24-17(20-14)21-16(22)11-4-2-3-5-13(11)19/h2-9H,1H3,(H,20,21,22). The zero-order valence-corrected chi connectivity index (χ0v) is 15.7. The second kappa shape index (κ2) is 7.34. The average Bonchev–Trinajstić information content (AvgIpc) is 3.03. The smallest absolute Gasteiger partial charge is 0.258 e. The molecule has 0 aliphatic rings. The van der Waals surface area contributed by atoms with Gasteiger partial charge < -0.3 is 4.74 Å². The molecule has 0 unspecified atom stereocenters. The van der Waals surface area contributed by atoms with E-state index < -0.39 is 0 Å². The van der Waals surface area contributed by atoms with Gasteiger partial charge in [-0.3, -0.25) is 10.1 Å². The first-order valence-corrected chi connectivity index (χ1v) is 8.99. The van der Waals surface area contributed by atoms with E-state index in [0.29, 0.717) is 15.7 Å². The monoisotopic (exact) mass is 422 g/mol. The summed E-state index contributed by atoms with van der Waals surface area (Å²) < 4.78 is 6.06. The molecule has 0 bridgehead atoms. The molecule has 0 saturated carbocycles. The van der Waals surface area contributed by atoms with Crippen molar-refractivity contribution in [2.75, 3.05) is 12.4 Å². The second-order valence-corrected chi connectivity index (χ2v) is 6.94. The third-order valence-corrected chi connectivity index (χ3v) is 5.00. The molecule has 1 heterocycles. The Morgan fingerprint density at radius 2 is 2.08 bits per heavy atom. The first kappa shape index (κ1) is 17.0. The number of rotatable bonds is 4. The molecule has 7 heteroatoms. The summed E-state index contributed by atoms with van der Waals surface area (Å²) in [5, 5.41) is 5.58. The summed E-state index contributed by atoms with van der Waals surface area (Å²) in [7, 11) is 1.62. The van der Waals surface area contributed by atoms with Gasteiger partial charge in [-0.25, -0.2) is 4.98 Å². The number of anilines is 1. The molecule has 0 atom stereocenters. The summed E-state index contributed by atoms with van der Waals surface area (Å²) in [5.41, 5.74) is 2.12. The highest BCUT2D eigenvalue weighted by Gasteiger charge is 2.13. The van der Waals surface area contributed by atoms with Crippen LogP contribution in [0.3, 0.4) is 0 Å². The van der Waals surface area contributed by atoms with Crippen LogP contribution in [0.25, 0.3) is 11.3 Å². The summed E-state index contributed by atoms with van der Waals surface area (Å²) >= 11 is 10.9. The number of carbonyl (C=O) groups excluding carboxylic acids is 1. The van der Waals surface area contributed by atoms with Gasteiger partial charge in [-0.1, -0.05) is 23.7 Å². The van der Waals surface area contributed by atoms with E-state index in [4.69, 9.17) is 16.3 Å². The maximum Gasteiger partial charge on any atom is 0.258 e. The van der Waals surface area contributed by atoms with E-state index in [1.807, 2.05) is 23.6 Å². The van der Waals surface area contributed by atoms with Gasteiger partial charge in [0.05, 0.1) is 27.9 Å². The molecule has 2 aromatic carbocycles. The number of hydrogen-bond donors (Lipinski definition) is 1. The Hall–Kier alpha value is -1.89. The molecule has 0 spiro atoms. The third kappa shape index (κ3) is 3.61.